The largest absolute Gasteiger partial charge is 0.465 e. The minimum Gasteiger partial charge on any atom is -0.465 e. The predicted molar refractivity (Wildman–Crippen MR) is 77.6 cm³/mol. The molecule has 3 rings (SSSR count). The molecule has 1 aliphatic heterocycles. The van der Waals surface area contributed by atoms with Crippen LogP contribution >= 0.6 is 0 Å². The smallest absolute Gasteiger partial charge is 0.244 e. The Morgan fingerprint density at radius 3 is 2.52 bits per heavy atom. The molecule has 0 spiro atoms. The van der Waals surface area contributed by atoms with Crippen molar-refractivity contribution in [3.05, 3.63) is 17.1 Å². The Bertz CT molecular complexity index is 613. The summed E-state index contributed by atoms with van der Waals surface area (Å²) in [6.07, 6.45) is 3.04. The van der Waals surface area contributed by atoms with E-state index in [9.17, 15) is 8.42 Å². The van der Waals surface area contributed by atoms with Crippen molar-refractivity contribution in [3.8, 4) is 0 Å². The van der Waals surface area contributed by atoms with Crippen molar-refractivity contribution in [1.29, 1.82) is 0 Å². The molecule has 1 saturated carbocycles. The van der Waals surface area contributed by atoms with Crippen molar-refractivity contribution in [2.24, 2.45) is 0 Å². The molecular formula is C14H22N2O4S. The van der Waals surface area contributed by atoms with Gasteiger partial charge in [0.2, 0.25) is 10.0 Å². The molecule has 6 nitrogen and oxygen atoms in total. The van der Waals surface area contributed by atoms with E-state index < -0.39 is 10.0 Å². The van der Waals surface area contributed by atoms with Gasteiger partial charge in [-0.2, -0.15) is 0 Å². The summed E-state index contributed by atoms with van der Waals surface area (Å²) in [5, 5.41) is 3.36. The fourth-order valence-corrected chi connectivity index (χ4v) is 4.41. The summed E-state index contributed by atoms with van der Waals surface area (Å²) in [7, 11) is -3.58. The topological polar surface area (TPSA) is 80.6 Å². The molecule has 118 valence electrons. The molecule has 2 N–H and O–H groups in total. The van der Waals surface area contributed by atoms with E-state index in [1.807, 2.05) is 6.92 Å². The number of ether oxygens (including phenoxy) is 1. The van der Waals surface area contributed by atoms with Crippen LogP contribution in [-0.2, 0) is 21.3 Å². The van der Waals surface area contributed by atoms with Crippen LogP contribution < -0.4 is 10.0 Å². The van der Waals surface area contributed by atoms with E-state index in [0.717, 1.165) is 18.4 Å². The van der Waals surface area contributed by atoms with E-state index in [2.05, 4.69) is 10.0 Å². The van der Waals surface area contributed by atoms with Crippen molar-refractivity contribution < 1.29 is 17.6 Å². The molecule has 2 heterocycles. The van der Waals surface area contributed by atoms with Crippen LogP contribution in [0.4, 0.5) is 0 Å². The molecule has 21 heavy (non-hydrogen) atoms. The summed E-state index contributed by atoms with van der Waals surface area (Å²) < 4.78 is 38.8. The molecule has 0 bridgehead atoms. The van der Waals surface area contributed by atoms with Gasteiger partial charge in [0, 0.05) is 30.8 Å². The first-order valence-corrected chi connectivity index (χ1v) is 8.88. The quantitative estimate of drug-likeness (QED) is 0.825. The third-order valence-electron chi connectivity index (χ3n) is 3.99. The van der Waals surface area contributed by atoms with Crippen LogP contribution in [0.5, 0.6) is 0 Å². The summed E-state index contributed by atoms with van der Waals surface area (Å²) in [5.74, 6) is 1.12. The van der Waals surface area contributed by atoms with Crippen LogP contribution in [0.3, 0.4) is 0 Å². The Labute approximate surface area is 125 Å². The third kappa shape index (κ3) is 3.31. The first kappa shape index (κ1) is 15.0. The molecule has 1 aromatic rings. The first-order chi connectivity index (χ1) is 9.97. The number of hydrogen-bond acceptors (Lipinski definition) is 5. The highest BCUT2D eigenvalue weighted by atomic mass is 32.2. The summed E-state index contributed by atoms with van der Waals surface area (Å²) in [6.45, 7) is 5.09. The highest BCUT2D eigenvalue weighted by Crippen LogP contribution is 2.28. The van der Waals surface area contributed by atoms with Crippen molar-refractivity contribution in [3.63, 3.8) is 0 Å². The van der Waals surface area contributed by atoms with Gasteiger partial charge in [-0.25, -0.2) is 13.1 Å². The summed E-state index contributed by atoms with van der Waals surface area (Å²) in [6, 6.07) is 0.375. The maximum atomic E-state index is 12.6. The lowest BCUT2D eigenvalue weighted by atomic mass is 10.2. The van der Waals surface area contributed by atoms with E-state index in [4.69, 9.17) is 9.15 Å². The average Bonchev–Trinajstić information content (AvgIpc) is 3.00. The number of nitrogens with one attached hydrogen (secondary N) is 2. The second-order valence-electron chi connectivity index (χ2n) is 5.86. The van der Waals surface area contributed by atoms with Crippen LogP contribution in [0.15, 0.2) is 9.31 Å². The zero-order chi connectivity index (χ0) is 15.0. The highest BCUT2D eigenvalue weighted by molar-refractivity contribution is 7.89. The highest BCUT2D eigenvalue weighted by Gasteiger charge is 2.31. The number of sulfonamides is 1. The molecule has 1 aliphatic carbocycles. The monoisotopic (exact) mass is 314 g/mol. The molecule has 2 aliphatic rings. The Kier molecular flexibility index (Phi) is 4.09. The maximum Gasteiger partial charge on any atom is 0.244 e. The standard InChI is InChI=1S/C14H22N2O4S/c1-9-13(7-15-11-3-4-11)14(10(2)20-9)21(17,18)16-12-5-6-19-8-12/h11-12,15-16H,3-8H2,1-2H3. The Morgan fingerprint density at radius 1 is 1.14 bits per heavy atom. The summed E-state index contributed by atoms with van der Waals surface area (Å²) >= 11 is 0. The van der Waals surface area contributed by atoms with Crippen LogP contribution in [0, 0.1) is 13.8 Å². The summed E-state index contributed by atoms with van der Waals surface area (Å²) in [4.78, 5) is 0.292. The minimum atomic E-state index is -3.58. The number of furan rings is 1. The molecule has 1 atom stereocenters. The second kappa shape index (κ2) is 5.72. The molecule has 1 aromatic heterocycles. The molecule has 7 heteroatoms. The fourth-order valence-electron chi connectivity index (χ4n) is 2.71. The average molecular weight is 314 g/mol. The molecule has 1 unspecified atom stereocenters. The SMILES string of the molecule is Cc1oc(C)c(S(=O)(=O)NC2CCOC2)c1CNC1CC1. The lowest BCUT2D eigenvalue weighted by Gasteiger charge is -2.12. The van der Waals surface area contributed by atoms with Gasteiger partial charge in [-0.1, -0.05) is 0 Å². The maximum absolute atomic E-state index is 12.6. The van der Waals surface area contributed by atoms with Crippen molar-refractivity contribution in [2.45, 2.75) is 56.6 Å². The van der Waals surface area contributed by atoms with Crippen LogP contribution in [-0.4, -0.2) is 33.7 Å². The van der Waals surface area contributed by atoms with E-state index in [1.54, 1.807) is 6.92 Å². The van der Waals surface area contributed by atoms with Gasteiger partial charge in [0.05, 0.1) is 6.61 Å². The third-order valence-corrected chi connectivity index (χ3v) is 5.71. The number of rotatable bonds is 6. The zero-order valence-electron chi connectivity index (χ0n) is 12.4. The van der Waals surface area contributed by atoms with Gasteiger partial charge in [0.25, 0.3) is 0 Å². The predicted octanol–water partition coefficient (Wildman–Crippen LogP) is 1.22. The normalized spacial score (nSPS) is 22.9. The Hall–Kier alpha value is -0.890. The van der Waals surface area contributed by atoms with E-state index in [-0.39, 0.29) is 6.04 Å². The Morgan fingerprint density at radius 2 is 1.90 bits per heavy atom. The second-order valence-corrected chi connectivity index (χ2v) is 7.51. The lowest BCUT2D eigenvalue weighted by Crippen LogP contribution is -2.35. The molecule has 2 fully saturated rings. The molecular weight excluding hydrogens is 292 g/mol. The van der Waals surface area contributed by atoms with E-state index in [0.29, 0.717) is 48.6 Å². The first-order valence-electron chi connectivity index (χ1n) is 7.39. The molecule has 1 saturated heterocycles. The van der Waals surface area contributed by atoms with E-state index >= 15 is 0 Å². The van der Waals surface area contributed by atoms with E-state index in [1.165, 1.54) is 0 Å². The minimum absolute atomic E-state index is 0.145. The number of aryl methyl sites for hydroxylation is 2. The molecule has 0 aromatic carbocycles. The van der Waals surface area contributed by atoms with Crippen LogP contribution in [0.1, 0.15) is 36.3 Å². The van der Waals surface area contributed by atoms with Crippen molar-refractivity contribution >= 4 is 10.0 Å². The van der Waals surface area contributed by atoms with Crippen molar-refractivity contribution in [2.75, 3.05) is 13.2 Å². The van der Waals surface area contributed by atoms with Crippen LogP contribution in [0.2, 0.25) is 0 Å². The summed E-state index contributed by atoms with van der Waals surface area (Å²) in [5.41, 5.74) is 0.741. The number of hydrogen-bond donors (Lipinski definition) is 2. The fraction of sp³-hybridized carbons (Fsp3) is 0.714. The van der Waals surface area contributed by atoms with Crippen LogP contribution in [0.25, 0.3) is 0 Å². The van der Waals surface area contributed by atoms with Gasteiger partial charge in [0.1, 0.15) is 16.4 Å². The van der Waals surface area contributed by atoms with Gasteiger partial charge < -0.3 is 14.5 Å². The Balaban J connectivity index is 1.84. The van der Waals surface area contributed by atoms with Gasteiger partial charge in [-0.05, 0) is 33.1 Å². The van der Waals surface area contributed by atoms with Crippen molar-refractivity contribution in [1.82, 2.24) is 10.0 Å². The van der Waals surface area contributed by atoms with Gasteiger partial charge in [0.15, 0.2) is 0 Å². The molecule has 0 radical (unpaired) electrons. The van der Waals surface area contributed by atoms with Gasteiger partial charge >= 0.3 is 0 Å². The molecule has 0 amide bonds. The van der Waals surface area contributed by atoms with Gasteiger partial charge in [-0.15, -0.1) is 0 Å². The zero-order valence-corrected chi connectivity index (χ0v) is 13.3. The lowest BCUT2D eigenvalue weighted by molar-refractivity contribution is 0.192. The van der Waals surface area contributed by atoms with Gasteiger partial charge in [-0.3, -0.25) is 0 Å².